The van der Waals surface area contributed by atoms with Crippen molar-refractivity contribution in [3.05, 3.63) is 35.0 Å². The van der Waals surface area contributed by atoms with E-state index in [2.05, 4.69) is 35.3 Å². The van der Waals surface area contributed by atoms with E-state index >= 15 is 0 Å². The molecule has 0 saturated heterocycles. The number of pyridine rings is 1. The Kier molecular flexibility index (Phi) is 2.89. The molecule has 0 bridgehead atoms. The summed E-state index contributed by atoms with van der Waals surface area (Å²) in [5.74, 6) is 0. The van der Waals surface area contributed by atoms with E-state index in [1.165, 1.54) is 45.5 Å². The van der Waals surface area contributed by atoms with Crippen LogP contribution in [-0.4, -0.2) is 15.2 Å². The molecule has 0 saturated carbocycles. The molecule has 1 aromatic carbocycles. The Morgan fingerprint density at radius 3 is 2.90 bits per heavy atom. The summed E-state index contributed by atoms with van der Waals surface area (Å²) in [6.07, 6.45) is 4.29. The van der Waals surface area contributed by atoms with Gasteiger partial charge in [0.1, 0.15) is 0 Å². The highest BCUT2D eigenvalue weighted by molar-refractivity contribution is 7.18. The van der Waals surface area contributed by atoms with Crippen LogP contribution in [0.25, 0.3) is 21.5 Å². The summed E-state index contributed by atoms with van der Waals surface area (Å²) in [6.45, 7) is 2.17. The number of nitrogens with zero attached hydrogens (tertiary/aromatic N) is 3. The minimum Gasteiger partial charge on any atom is -0.374 e. The molecule has 21 heavy (non-hydrogen) atoms. The van der Waals surface area contributed by atoms with Crippen molar-refractivity contribution < 1.29 is 0 Å². The van der Waals surface area contributed by atoms with Crippen molar-refractivity contribution in [2.75, 3.05) is 5.73 Å². The van der Waals surface area contributed by atoms with Crippen LogP contribution >= 0.6 is 11.3 Å². The topological polar surface area (TPSA) is 64.7 Å². The smallest absolute Gasteiger partial charge is 0.203 e. The van der Waals surface area contributed by atoms with Gasteiger partial charge < -0.3 is 5.73 Å². The standard InChI is InChI=1S/C16H16N4S/c1-2-9-5-3-7-11-13(15-19-20-16(17)21-15)10-6-4-8-12(10)18-14(9)11/h3,5,7H,2,4,6,8H2,1H3,(H2,17,20). The molecule has 0 unspecified atom stereocenters. The Balaban J connectivity index is 2.12. The van der Waals surface area contributed by atoms with Crippen LogP contribution in [-0.2, 0) is 19.3 Å². The zero-order valence-electron chi connectivity index (χ0n) is 11.9. The third kappa shape index (κ3) is 1.92. The predicted molar refractivity (Wildman–Crippen MR) is 86.5 cm³/mol. The highest BCUT2D eigenvalue weighted by Gasteiger charge is 2.23. The first-order chi connectivity index (χ1) is 10.3. The van der Waals surface area contributed by atoms with Crippen molar-refractivity contribution in [3.63, 3.8) is 0 Å². The molecular weight excluding hydrogens is 280 g/mol. The fraction of sp³-hybridized carbons (Fsp3) is 0.312. The quantitative estimate of drug-likeness (QED) is 0.787. The number of hydrogen-bond donors (Lipinski definition) is 1. The lowest BCUT2D eigenvalue weighted by Gasteiger charge is -2.12. The molecule has 0 spiro atoms. The van der Waals surface area contributed by atoms with Gasteiger partial charge in [-0.1, -0.05) is 36.5 Å². The maximum atomic E-state index is 5.79. The average Bonchev–Trinajstić information content (AvgIpc) is 3.12. The summed E-state index contributed by atoms with van der Waals surface area (Å²) in [6, 6.07) is 6.42. The summed E-state index contributed by atoms with van der Waals surface area (Å²) in [5, 5.41) is 10.9. The molecule has 0 radical (unpaired) electrons. The number of rotatable bonds is 2. The summed E-state index contributed by atoms with van der Waals surface area (Å²) >= 11 is 1.46. The molecule has 0 fully saturated rings. The molecule has 0 aliphatic heterocycles. The molecule has 2 heterocycles. The zero-order valence-corrected chi connectivity index (χ0v) is 12.7. The van der Waals surface area contributed by atoms with Gasteiger partial charge in [-0.3, -0.25) is 4.98 Å². The van der Waals surface area contributed by atoms with Crippen LogP contribution < -0.4 is 5.73 Å². The van der Waals surface area contributed by atoms with E-state index in [0.717, 1.165) is 29.8 Å². The maximum absolute atomic E-state index is 5.79. The van der Waals surface area contributed by atoms with Gasteiger partial charge in [-0.2, -0.15) is 0 Å². The lowest BCUT2D eigenvalue weighted by atomic mass is 9.98. The third-order valence-corrected chi connectivity index (χ3v) is 4.93. The van der Waals surface area contributed by atoms with E-state index in [1.807, 2.05) is 0 Å². The zero-order chi connectivity index (χ0) is 14.4. The first kappa shape index (κ1) is 12.7. The Bertz CT molecular complexity index is 838. The first-order valence-corrected chi connectivity index (χ1v) is 8.12. The first-order valence-electron chi connectivity index (χ1n) is 7.30. The highest BCUT2D eigenvalue weighted by Crippen LogP contribution is 2.39. The van der Waals surface area contributed by atoms with Crippen molar-refractivity contribution in [1.29, 1.82) is 0 Å². The van der Waals surface area contributed by atoms with Crippen molar-refractivity contribution in [3.8, 4) is 10.6 Å². The molecule has 1 aliphatic carbocycles. The molecule has 5 heteroatoms. The van der Waals surface area contributed by atoms with Crippen LogP contribution in [0.2, 0.25) is 0 Å². The van der Waals surface area contributed by atoms with E-state index in [4.69, 9.17) is 10.7 Å². The van der Waals surface area contributed by atoms with Crippen LogP contribution in [0.4, 0.5) is 5.13 Å². The van der Waals surface area contributed by atoms with Crippen LogP contribution in [0.5, 0.6) is 0 Å². The second-order valence-electron chi connectivity index (χ2n) is 5.38. The molecule has 3 aromatic rings. The van der Waals surface area contributed by atoms with Gasteiger partial charge in [0.05, 0.1) is 5.52 Å². The lowest BCUT2D eigenvalue weighted by molar-refractivity contribution is 0.901. The number of nitrogens with two attached hydrogens (primary N) is 1. The fourth-order valence-corrected chi connectivity index (χ4v) is 3.90. The van der Waals surface area contributed by atoms with Gasteiger partial charge in [0.25, 0.3) is 0 Å². The monoisotopic (exact) mass is 296 g/mol. The van der Waals surface area contributed by atoms with Gasteiger partial charge in [-0.05, 0) is 36.8 Å². The number of anilines is 1. The number of benzene rings is 1. The lowest BCUT2D eigenvalue weighted by Crippen LogP contribution is -1.98. The molecule has 106 valence electrons. The molecule has 4 nitrogen and oxygen atoms in total. The molecule has 0 amide bonds. The maximum Gasteiger partial charge on any atom is 0.203 e. The van der Waals surface area contributed by atoms with E-state index < -0.39 is 0 Å². The van der Waals surface area contributed by atoms with Crippen LogP contribution in [0.1, 0.15) is 30.2 Å². The molecule has 1 aliphatic rings. The molecular formula is C16H16N4S. The van der Waals surface area contributed by atoms with E-state index in [0.29, 0.717) is 5.13 Å². The third-order valence-electron chi connectivity index (χ3n) is 4.16. The highest BCUT2D eigenvalue weighted by atomic mass is 32.1. The largest absolute Gasteiger partial charge is 0.374 e. The van der Waals surface area contributed by atoms with Crippen LogP contribution in [0.3, 0.4) is 0 Å². The van der Waals surface area contributed by atoms with E-state index in [9.17, 15) is 0 Å². The summed E-state index contributed by atoms with van der Waals surface area (Å²) in [4.78, 5) is 4.94. The second kappa shape index (κ2) is 4.77. The normalized spacial score (nSPS) is 13.8. The minimum atomic E-state index is 0.522. The molecule has 2 N–H and O–H groups in total. The molecule has 4 rings (SSSR count). The van der Waals surface area contributed by atoms with Gasteiger partial charge in [0, 0.05) is 16.6 Å². The number of para-hydroxylation sites is 1. The van der Waals surface area contributed by atoms with E-state index in [1.54, 1.807) is 0 Å². The van der Waals surface area contributed by atoms with Gasteiger partial charge in [0.15, 0.2) is 5.01 Å². The number of aryl methyl sites for hydroxylation is 2. The van der Waals surface area contributed by atoms with Gasteiger partial charge in [-0.15, -0.1) is 10.2 Å². The fourth-order valence-electron chi connectivity index (χ4n) is 3.21. The minimum absolute atomic E-state index is 0.522. The Morgan fingerprint density at radius 1 is 1.24 bits per heavy atom. The van der Waals surface area contributed by atoms with Crippen molar-refractivity contribution in [2.24, 2.45) is 0 Å². The summed E-state index contributed by atoms with van der Waals surface area (Å²) < 4.78 is 0. The van der Waals surface area contributed by atoms with Gasteiger partial charge in [-0.25, -0.2) is 0 Å². The molecule has 0 atom stereocenters. The van der Waals surface area contributed by atoms with Crippen LogP contribution in [0, 0.1) is 0 Å². The predicted octanol–water partition coefficient (Wildman–Crippen LogP) is 3.39. The second-order valence-corrected chi connectivity index (χ2v) is 6.39. The average molecular weight is 296 g/mol. The van der Waals surface area contributed by atoms with Crippen molar-refractivity contribution in [2.45, 2.75) is 32.6 Å². The number of fused-ring (bicyclic) bond motifs is 2. The summed E-state index contributed by atoms with van der Waals surface area (Å²) in [5.41, 5.74) is 12.0. The SMILES string of the molecule is CCc1cccc2c(-c3nnc(N)s3)c3c(nc12)CCC3. The van der Waals surface area contributed by atoms with Gasteiger partial charge >= 0.3 is 0 Å². The molecule has 2 aromatic heterocycles. The van der Waals surface area contributed by atoms with Crippen molar-refractivity contribution in [1.82, 2.24) is 15.2 Å². The summed E-state index contributed by atoms with van der Waals surface area (Å²) in [7, 11) is 0. The Hall–Kier alpha value is -2.01. The van der Waals surface area contributed by atoms with Crippen molar-refractivity contribution >= 4 is 27.4 Å². The number of nitrogen functional groups attached to an aromatic ring is 1. The van der Waals surface area contributed by atoms with Gasteiger partial charge in [0.2, 0.25) is 5.13 Å². The Morgan fingerprint density at radius 2 is 2.14 bits per heavy atom. The Labute approximate surface area is 127 Å². The number of aromatic nitrogens is 3. The number of hydrogen-bond acceptors (Lipinski definition) is 5. The van der Waals surface area contributed by atoms with E-state index in [-0.39, 0.29) is 0 Å². The van der Waals surface area contributed by atoms with Crippen LogP contribution in [0.15, 0.2) is 18.2 Å².